The molecule has 2 heterocycles. The zero-order valence-corrected chi connectivity index (χ0v) is 19.9. The standard InChI is InChI=1S/C20H18N2S6/c1-6-12-20(13-7-1,27-25-18-21-14-8-2-4-10-16(14)23-18)28-26-19-22-15-9-3-5-11-17(15)24-19/h2-5,8-11H,1,6-7,12-13H2. The molecule has 8 heteroatoms. The van der Waals surface area contributed by atoms with E-state index in [-0.39, 0.29) is 4.08 Å². The summed E-state index contributed by atoms with van der Waals surface area (Å²) < 4.78 is 5.13. The van der Waals surface area contributed by atoms with Crippen molar-refractivity contribution in [2.24, 2.45) is 0 Å². The van der Waals surface area contributed by atoms with Crippen LogP contribution < -0.4 is 0 Å². The molecular weight excluding hydrogens is 461 g/mol. The number of aromatic nitrogens is 2. The molecule has 2 aromatic carbocycles. The van der Waals surface area contributed by atoms with Crippen molar-refractivity contribution in [1.29, 1.82) is 0 Å². The van der Waals surface area contributed by atoms with E-state index in [1.54, 1.807) is 22.7 Å². The quantitative estimate of drug-likeness (QED) is 0.203. The van der Waals surface area contributed by atoms with Gasteiger partial charge in [-0.1, -0.05) is 65.1 Å². The molecule has 0 bridgehead atoms. The molecule has 0 amide bonds. The minimum Gasteiger partial charge on any atom is -0.229 e. The Labute approximate surface area is 188 Å². The number of hydrogen-bond acceptors (Lipinski definition) is 8. The van der Waals surface area contributed by atoms with Crippen LogP contribution in [0.4, 0.5) is 0 Å². The van der Waals surface area contributed by atoms with E-state index in [0.717, 1.165) is 11.0 Å². The van der Waals surface area contributed by atoms with E-state index in [0.29, 0.717) is 0 Å². The van der Waals surface area contributed by atoms with E-state index in [9.17, 15) is 0 Å². The molecule has 1 fully saturated rings. The van der Waals surface area contributed by atoms with Gasteiger partial charge in [-0.3, -0.25) is 0 Å². The van der Waals surface area contributed by atoms with Crippen molar-refractivity contribution in [3.63, 3.8) is 0 Å². The van der Waals surface area contributed by atoms with Crippen molar-refractivity contribution in [2.75, 3.05) is 0 Å². The monoisotopic (exact) mass is 478 g/mol. The summed E-state index contributed by atoms with van der Waals surface area (Å²) in [6, 6.07) is 16.9. The van der Waals surface area contributed by atoms with Crippen molar-refractivity contribution in [3.8, 4) is 0 Å². The lowest BCUT2D eigenvalue weighted by atomic mass is 10.00. The molecule has 2 nitrogen and oxygen atoms in total. The van der Waals surface area contributed by atoms with Crippen LogP contribution in [0.3, 0.4) is 0 Å². The van der Waals surface area contributed by atoms with Gasteiger partial charge in [-0.2, -0.15) is 0 Å². The largest absolute Gasteiger partial charge is 0.229 e. The topological polar surface area (TPSA) is 25.8 Å². The molecule has 4 aromatic rings. The summed E-state index contributed by atoms with van der Waals surface area (Å²) in [6.07, 6.45) is 6.53. The number of para-hydroxylation sites is 2. The van der Waals surface area contributed by atoms with Gasteiger partial charge in [0.25, 0.3) is 0 Å². The van der Waals surface area contributed by atoms with Crippen LogP contribution in [0.2, 0.25) is 0 Å². The Hall–Kier alpha value is -0.380. The fraction of sp³-hybridized carbons (Fsp3) is 0.300. The van der Waals surface area contributed by atoms with Gasteiger partial charge in [0.05, 0.1) is 24.5 Å². The SMILES string of the molecule is c1ccc2sc(SSC3(SSc4nc5ccccc5s4)CCCCC3)nc2c1. The average molecular weight is 479 g/mol. The molecule has 5 rings (SSSR count). The highest BCUT2D eigenvalue weighted by molar-refractivity contribution is 8.86. The zero-order chi connectivity index (χ0) is 18.8. The van der Waals surface area contributed by atoms with E-state index < -0.39 is 0 Å². The molecule has 0 radical (unpaired) electrons. The highest BCUT2D eigenvalue weighted by Crippen LogP contribution is 2.60. The van der Waals surface area contributed by atoms with Crippen molar-refractivity contribution >= 4 is 86.3 Å². The minimum atomic E-state index is 0.239. The van der Waals surface area contributed by atoms with E-state index in [4.69, 9.17) is 9.97 Å². The second-order valence-electron chi connectivity index (χ2n) is 6.70. The highest BCUT2D eigenvalue weighted by Gasteiger charge is 2.35. The molecule has 1 aliphatic carbocycles. The average Bonchev–Trinajstić information content (AvgIpc) is 3.35. The van der Waals surface area contributed by atoms with E-state index in [1.807, 2.05) is 43.2 Å². The van der Waals surface area contributed by atoms with E-state index >= 15 is 0 Å². The maximum atomic E-state index is 4.81. The van der Waals surface area contributed by atoms with Crippen LogP contribution in [0, 0.1) is 0 Å². The molecule has 144 valence electrons. The fourth-order valence-electron chi connectivity index (χ4n) is 3.27. The Balaban J connectivity index is 1.30. The number of thiazole rings is 2. The summed E-state index contributed by atoms with van der Waals surface area (Å²) in [5.74, 6) is 0. The lowest BCUT2D eigenvalue weighted by Gasteiger charge is -2.34. The molecule has 28 heavy (non-hydrogen) atoms. The number of rotatable bonds is 6. The van der Waals surface area contributed by atoms with Crippen molar-refractivity contribution < 1.29 is 0 Å². The first kappa shape index (κ1) is 19.6. The smallest absolute Gasteiger partial charge is 0.161 e. The molecule has 2 aromatic heterocycles. The summed E-state index contributed by atoms with van der Waals surface area (Å²) in [4.78, 5) is 9.62. The fourth-order valence-corrected chi connectivity index (χ4v) is 12.6. The molecule has 0 N–H and O–H groups in total. The van der Waals surface area contributed by atoms with Crippen LogP contribution in [-0.4, -0.2) is 14.0 Å². The maximum Gasteiger partial charge on any atom is 0.161 e. The Morgan fingerprint density at radius 2 is 1.18 bits per heavy atom. The predicted octanol–water partition coefficient (Wildman–Crippen LogP) is 8.75. The first-order chi connectivity index (χ1) is 13.8. The molecule has 0 spiro atoms. The van der Waals surface area contributed by atoms with Crippen LogP contribution in [-0.2, 0) is 0 Å². The molecule has 0 aliphatic heterocycles. The molecule has 1 saturated carbocycles. The van der Waals surface area contributed by atoms with Gasteiger partial charge < -0.3 is 0 Å². The summed E-state index contributed by atoms with van der Waals surface area (Å²) in [7, 11) is 7.77. The summed E-state index contributed by atoms with van der Waals surface area (Å²) in [5.41, 5.74) is 2.23. The number of hydrogen-bond donors (Lipinski definition) is 0. The second kappa shape index (κ2) is 8.78. The third-order valence-corrected chi connectivity index (χ3v) is 14.5. The minimum absolute atomic E-state index is 0.239. The lowest BCUT2D eigenvalue weighted by Crippen LogP contribution is -2.21. The Bertz CT molecular complexity index is 936. The summed E-state index contributed by atoms with van der Waals surface area (Å²) in [6.45, 7) is 0. The lowest BCUT2D eigenvalue weighted by molar-refractivity contribution is 0.494. The van der Waals surface area contributed by atoms with Crippen molar-refractivity contribution in [3.05, 3.63) is 48.5 Å². The first-order valence-corrected chi connectivity index (χ1v) is 15.2. The van der Waals surface area contributed by atoms with E-state index in [2.05, 4.69) is 48.5 Å². The number of nitrogens with zero attached hydrogens (tertiary/aromatic N) is 2. The summed E-state index contributed by atoms with van der Waals surface area (Å²) >= 11 is 3.61. The molecule has 0 atom stereocenters. The van der Waals surface area contributed by atoms with Gasteiger partial charge in [-0.05, 0) is 58.7 Å². The van der Waals surface area contributed by atoms with Gasteiger partial charge in [0, 0.05) is 0 Å². The second-order valence-corrected chi connectivity index (χ2v) is 14.5. The molecule has 0 saturated heterocycles. The Kier molecular flexibility index (Phi) is 6.14. The van der Waals surface area contributed by atoms with Crippen LogP contribution >= 0.6 is 65.8 Å². The normalized spacial score (nSPS) is 16.7. The van der Waals surface area contributed by atoms with Crippen LogP contribution in [0.25, 0.3) is 20.4 Å². The Morgan fingerprint density at radius 3 is 1.68 bits per heavy atom. The van der Waals surface area contributed by atoms with Crippen molar-refractivity contribution in [2.45, 2.75) is 44.9 Å². The van der Waals surface area contributed by atoms with Gasteiger partial charge in [0.1, 0.15) is 0 Å². The van der Waals surface area contributed by atoms with Crippen LogP contribution in [0.5, 0.6) is 0 Å². The van der Waals surface area contributed by atoms with Gasteiger partial charge in [0.2, 0.25) is 0 Å². The van der Waals surface area contributed by atoms with Gasteiger partial charge >= 0.3 is 0 Å². The molecule has 0 unspecified atom stereocenters. The third kappa shape index (κ3) is 4.37. The number of benzene rings is 2. The van der Waals surface area contributed by atoms with E-state index in [1.165, 1.54) is 50.2 Å². The van der Waals surface area contributed by atoms with Gasteiger partial charge in [-0.15, -0.1) is 22.7 Å². The zero-order valence-electron chi connectivity index (χ0n) is 15.0. The Morgan fingerprint density at radius 1 is 0.679 bits per heavy atom. The number of fused-ring (bicyclic) bond motifs is 2. The predicted molar refractivity (Wildman–Crippen MR) is 132 cm³/mol. The van der Waals surface area contributed by atoms with Gasteiger partial charge in [-0.25, -0.2) is 9.97 Å². The van der Waals surface area contributed by atoms with Crippen molar-refractivity contribution in [1.82, 2.24) is 9.97 Å². The summed E-state index contributed by atoms with van der Waals surface area (Å²) in [5, 5.41) is 0. The third-order valence-electron chi connectivity index (χ3n) is 4.69. The molecule has 1 aliphatic rings. The maximum absolute atomic E-state index is 4.81. The first-order valence-electron chi connectivity index (χ1n) is 9.22. The highest BCUT2D eigenvalue weighted by atomic mass is 33.1. The molecular formula is C20H18N2S6. The van der Waals surface area contributed by atoms with Gasteiger partial charge in [0.15, 0.2) is 8.68 Å². The van der Waals surface area contributed by atoms with Crippen LogP contribution in [0.15, 0.2) is 57.2 Å². The van der Waals surface area contributed by atoms with Crippen LogP contribution in [0.1, 0.15) is 32.1 Å².